The zero-order valence-corrected chi connectivity index (χ0v) is 16.7. The highest BCUT2D eigenvalue weighted by molar-refractivity contribution is 7.18. The molecule has 0 aromatic carbocycles. The van der Waals surface area contributed by atoms with E-state index in [2.05, 4.69) is 0 Å². The van der Waals surface area contributed by atoms with Gasteiger partial charge in [0.1, 0.15) is 17.2 Å². The number of carbonyl (C=O) groups excluding carboxylic acids is 1. The first-order valence-electron chi connectivity index (χ1n) is 9.35. The first kappa shape index (κ1) is 19.0. The van der Waals surface area contributed by atoms with Gasteiger partial charge in [0.2, 0.25) is 0 Å². The van der Waals surface area contributed by atoms with Gasteiger partial charge in [-0.15, -0.1) is 11.3 Å². The molecule has 0 atom stereocenters. The third-order valence-electron chi connectivity index (χ3n) is 4.66. The van der Waals surface area contributed by atoms with Gasteiger partial charge < -0.3 is 9.64 Å². The zero-order chi connectivity index (χ0) is 18.7. The summed E-state index contributed by atoms with van der Waals surface area (Å²) in [6, 6.07) is 0. The largest absolute Gasteiger partial charge is 0.464 e. The number of hydrogen-bond acceptors (Lipinski definition) is 6. The first-order valence-corrected chi connectivity index (χ1v) is 10.2. The van der Waals surface area contributed by atoms with E-state index in [-0.39, 0.29) is 18.1 Å². The van der Waals surface area contributed by atoms with Crippen molar-refractivity contribution in [3.63, 3.8) is 0 Å². The Hall–Kier alpha value is -1.73. The Balaban J connectivity index is 2.02. The summed E-state index contributed by atoms with van der Waals surface area (Å²) in [7, 11) is 3.86. The third kappa shape index (κ3) is 3.99. The van der Waals surface area contributed by atoms with E-state index < -0.39 is 0 Å². The maximum absolute atomic E-state index is 13.2. The molecule has 3 rings (SSSR count). The van der Waals surface area contributed by atoms with Gasteiger partial charge in [0.05, 0.1) is 18.5 Å². The second kappa shape index (κ2) is 8.31. The molecular formula is C19H27N3O3S. The molecule has 0 N–H and O–H groups in total. The standard InChI is InChI=1S/C19H27N3O3S/c1-4-5-10-25-16(23)12-22-15(11-21(2)3)20-18-17(19(22)24)13-8-6-7-9-14(13)26-18/h4-12H2,1-3H3. The van der Waals surface area contributed by atoms with Crippen LogP contribution in [-0.4, -0.2) is 41.1 Å². The summed E-state index contributed by atoms with van der Waals surface area (Å²) in [5, 5.41) is 0.716. The summed E-state index contributed by atoms with van der Waals surface area (Å²) in [5.74, 6) is 0.254. The quantitative estimate of drug-likeness (QED) is 0.548. The second-order valence-electron chi connectivity index (χ2n) is 7.12. The van der Waals surface area contributed by atoms with Crippen molar-refractivity contribution in [2.75, 3.05) is 20.7 Å². The fraction of sp³-hybridized carbons (Fsp3) is 0.632. The molecule has 1 aliphatic rings. The summed E-state index contributed by atoms with van der Waals surface area (Å²) >= 11 is 1.64. The Morgan fingerprint density at radius 3 is 2.81 bits per heavy atom. The van der Waals surface area contributed by atoms with E-state index in [1.54, 1.807) is 11.3 Å². The fourth-order valence-corrected chi connectivity index (χ4v) is 4.62. The molecule has 2 aromatic rings. The Labute approximate surface area is 157 Å². The molecule has 2 heterocycles. The number of esters is 1. The molecule has 0 fully saturated rings. The van der Waals surface area contributed by atoms with E-state index in [0.29, 0.717) is 24.4 Å². The van der Waals surface area contributed by atoms with Crippen molar-refractivity contribution in [1.82, 2.24) is 14.5 Å². The van der Waals surface area contributed by atoms with Gasteiger partial charge in [-0.2, -0.15) is 0 Å². The van der Waals surface area contributed by atoms with Crippen LogP contribution in [0, 0.1) is 0 Å². The summed E-state index contributed by atoms with van der Waals surface area (Å²) in [5.41, 5.74) is 1.05. The van der Waals surface area contributed by atoms with Gasteiger partial charge in [0, 0.05) is 4.88 Å². The van der Waals surface area contributed by atoms with Crippen molar-refractivity contribution in [2.24, 2.45) is 0 Å². The van der Waals surface area contributed by atoms with Crippen LogP contribution in [0.2, 0.25) is 0 Å². The van der Waals surface area contributed by atoms with Gasteiger partial charge in [-0.05, 0) is 51.8 Å². The molecule has 26 heavy (non-hydrogen) atoms. The predicted molar refractivity (Wildman–Crippen MR) is 104 cm³/mol. The average Bonchev–Trinajstić information content (AvgIpc) is 2.96. The highest BCUT2D eigenvalue weighted by atomic mass is 32.1. The molecule has 1 aliphatic carbocycles. The topological polar surface area (TPSA) is 64.4 Å². The van der Waals surface area contributed by atoms with Gasteiger partial charge in [0.25, 0.3) is 5.56 Å². The van der Waals surface area contributed by atoms with Gasteiger partial charge in [-0.3, -0.25) is 14.2 Å². The lowest BCUT2D eigenvalue weighted by Gasteiger charge is -2.16. The van der Waals surface area contributed by atoms with Crippen LogP contribution in [0.1, 0.15) is 48.9 Å². The van der Waals surface area contributed by atoms with Gasteiger partial charge in [0.15, 0.2) is 0 Å². The minimum absolute atomic E-state index is 0.0702. The van der Waals surface area contributed by atoms with Crippen LogP contribution in [-0.2, 0) is 35.5 Å². The van der Waals surface area contributed by atoms with Crippen LogP contribution >= 0.6 is 11.3 Å². The highest BCUT2D eigenvalue weighted by Gasteiger charge is 2.23. The first-order chi connectivity index (χ1) is 12.5. The fourth-order valence-electron chi connectivity index (χ4n) is 3.35. The minimum Gasteiger partial charge on any atom is -0.464 e. The van der Waals surface area contributed by atoms with Crippen LogP contribution in [0.15, 0.2) is 4.79 Å². The minimum atomic E-state index is -0.370. The van der Waals surface area contributed by atoms with Crippen LogP contribution in [0.25, 0.3) is 10.2 Å². The lowest BCUT2D eigenvalue weighted by molar-refractivity contribution is -0.144. The molecule has 0 saturated carbocycles. The van der Waals surface area contributed by atoms with Gasteiger partial charge in [-0.1, -0.05) is 13.3 Å². The third-order valence-corrected chi connectivity index (χ3v) is 5.85. The van der Waals surface area contributed by atoms with Crippen molar-refractivity contribution < 1.29 is 9.53 Å². The number of carbonyl (C=O) groups is 1. The number of ether oxygens (including phenoxy) is 1. The number of thiophene rings is 1. The Kier molecular flexibility index (Phi) is 6.09. The zero-order valence-electron chi connectivity index (χ0n) is 15.8. The number of hydrogen-bond donors (Lipinski definition) is 0. The monoisotopic (exact) mass is 377 g/mol. The molecule has 0 aliphatic heterocycles. The normalized spacial score (nSPS) is 14.0. The maximum Gasteiger partial charge on any atom is 0.326 e. The Morgan fingerprint density at radius 2 is 2.08 bits per heavy atom. The molecule has 0 amide bonds. The molecule has 0 spiro atoms. The molecule has 6 nitrogen and oxygen atoms in total. The van der Waals surface area contributed by atoms with E-state index in [9.17, 15) is 9.59 Å². The lowest BCUT2D eigenvalue weighted by Crippen LogP contribution is -2.31. The number of nitrogens with zero attached hydrogens (tertiary/aromatic N) is 3. The molecule has 0 saturated heterocycles. The Morgan fingerprint density at radius 1 is 1.31 bits per heavy atom. The number of rotatable bonds is 7. The van der Waals surface area contributed by atoms with Gasteiger partial charge >= 0.3 is 5.97 Å². The predicted octanol–water partition coefficient (Wildman–Crippen LogP) is 2.74. The van der Waals surface area contributed by atoms with Crippen LogP contribution in [0.5, 0.6) is 0 Å². The second-order valence-corrected chi connectivity index (χ2v) is 8.21. The molecule has 0 bridgehead atoms. The van der Waals surface area contributed by atoms with Crippen LogP contribution in [0.3, 0.4) is 0 Å². The van der Waals surface area contributed by atoms with E-state index in [1.165, 1.54) is 15.9 Å². The molecule has 142 valence electrons. The van der Waals surface area contributed by atoms with Crippen molar-refractivity contribution in [2.45, 2.75) is 58.5 Å². The Bertz CT molecular complexity index is 854. The van der Waals surface area contributed by atoms with Crippen LogP contribution in [0.4, 0.5) is 0 Å². The van der Waals surface area contributed by atoms with Gasteiger partial charge in [-0.25, -0.2) is 4.98 Å². The summed E-state index contributed by atoms with van der Waals surface area (Å²) in [4.78, 5) is 34.3. The summed E-state index contributed by atoms with van der Waals surface area (Å²) in [6.45, 7) is 2.89. The smallest absolute Gasteiger partial charge is 0.326 e. The maximum atomic E-state index is 13.2. The van der Waals surface area contributed by atoms with E-state index in [1.807, 2.05) is 25.9 Å². The molecule has 7 heteroatoms. The van der Waals surface area contributed by atoms with E-state index >= 15 is 0 Å². The molecule has 0 unspecified atom stereocenters. The SMILES string of the molecule is CCCCOC(=O)Cn1c(CN(C)C)nc2sc3c(c2c1=O)CCCC3. The molecule has 2 aromatic heterocycles. The lowest BCUT2D eigenvalue weighted by atomic mass is 9.97. The van der Waals surface area contributed by atoms with E-state index in [0.717, 1.165) is 42.5 Å². The van der Waals surface area contributed by atoms with Crippen molar-refractivity contribution >= 4 is 27.5 Å². The number of aryl methyl sites for hydroxylation is 2. The van der Waals surface area contributed by atoms with Crippen molar-refractivity contribution in [3.8, 4) is 0 Å². The van der Waals surface area contributed by atoms with Crippen molar-refractivity contribution in [3.05, 3.63) is 26.6 Å². The van der Waals surface area contributed by atoms with E-state index in [4.69, 9.17) is 9.72 Å². The van der Waals surface area contributed by atoms with Crippen LogP contribution < -0.4 is 5.56 Å². The average molecular weight is 378 g/mol. The van der Waals surface area contributed by atoms with Crippen molar-refractivity contribution in [1.29, 1.82) is 0 Å². The highest BCUT2D eigenvalue weighted by Crippen LogP contribution is 2.33. The summed E-state index contributed by atoms with van der Waals surface area (Å²) in [6.07, 6.45) is 6.03. The molecule has 0 radical (unpaired) electrons. The molecular weight excluding hydrogens is 350 g/mol. The number of unbranched alkanes of at least 4 members (excludes halogenated alkanes) is 1. The summed E-state index contributed by atoms with van der Waals surface area (Å²) < 4.78 is 6.78. The number of fused-ring (bicyclic) bond motifs is 3. The number of aromatic nitrogens is 2.